The van der Waals surface area contributed by atoms with Crippen molar-refractivity contribution in [2.24, 2.45) is 7.05 Å². The van der Waals surface area contributed by atoms with Gasteiger partial charge in [0.2, 0.25) is 5.89 Å². The Morgan fingerprint density at radius 2 is 2.11 bits per heavy atom. The molecule has 4 rings (SSSR count). The average Bonchev–Trinajstić information content (AvgIpc) is 3.35. The van der Waals surface area contributed by atoms with Crippen molar-refractivity contribution in [1.29, 1.82) is 0 Å². The van der Waals surface area contributed by atoms with Crippen molar-refractivity contribution in [1.82, 2.24) is 14.5 Å². The Morgan fingerprint density at radius 1 is 1.30 bits per heavy atom. The van der Waals surface area contributed by atoms with Crippen LogP contribution in [0.15, 0.2) is 43.5 Å². The third-order valence-electron chi connectivity index (χ3n) is 4.18. The molecular weight excluding hydrogens is 398 g/mol. The molecule has 4 heterocycles. The molecule has 0 aliphatic carbocycles. The lowest BCUT2D eigenvalue weighted by atomic mass is 9.94. The van der Waals surface area contributed by atoms with Crippen LogP contribution in [0.4, 0.5) is 0 Å². The molecule has 0 N–H and O–H groups in total. The van der Waals surface area contributed by atoms with Crippen molar-refractivity contribution in [3.63, 3.8) is 0 Å². The van der Waals surface area contributed by atoms with Gasteiger partial charge in [0.15, 0.2) is 5.16 Å². The maximum absolute atomic E-state index is 13.0. The first-order chi connectivity index (χ1) is 12.8. The Morgan fingerprint density at radius 3 is 2.78 bits per heavy atom. The molecule has 0 aliphatic rings. The highest BCUT2D eigenvalue weighted by molar-refractivity contribution is 7.98. The third-order valence-corrected chi connectivity index (χ3v) is 6.97. The summed E-state index contributed by atoms with van der Waals surface area (Å²) in [5.41, 5.74) is 0.877. The molecule has 0 saturated heterocycles. The van der Waals surface area contributed by atoms with E-state index in [2.05, 4.69) is 25.8 Å². The van der Waals surface area contributed by atoms with Gasteiger partial charge in [-0.2, -0.15) is 0 Å². The van der Waals surface area contributed by atoms with Crippen LogP contribution in [-0.4, -0.2) is 14.5 Å². The number of rotatable bonds is 4. The van der Waals surface area contributed by atoms with Crippen LogP contribution in [0.2, 0.25) is 0 Å². The molecule has 0 spiro atoms. The number of oxazole rings is 1. The van der Waals surface area contributed by atoms with E-state index in [9.17, 15) is 4.79 Å². The second kappa shape index (κ2) is 6.92. The van der Waals surface area contributed by atoms with Gasteiger partial charge in [0.1, 0.15) is 10.6 Å². The van der Waals surface area contributed by atoms with E-state index in [0.717, 1.165) is 21.0 Å². The van der Waals surface area contributed by atoms with Crippen LogP contribution in [0.3, 0.4) is 0 Å². The number of aromatic nitrogens is 3. The molecule has 27 heavy (non-hydrogen) atoms. The summed E-state index contributed by atoms with van der Waals surface area (Å²) in [4.78, 5) is 23.9. The molecular formula is C19H19N3O2S3. The van der Waals surface area contributed by atoms with Crippen LogP contribution in [0.5, 0.6) is 0 Å². The first kappa shape index (κ1) is 18.5. The molecule has 0 unspecified atom stereocenters. The predicted molar refractivity (Wildman–Crippen MR) is 113 cm³/mol. The monoisotopic (exact) mass is 417 g/mol. The van der Waals surface area contributed by atoms with E-state index in [4.69, 9.17) is 9.40 Å². The minimum absolute atomic E-state index is 0.0186. The quantitative estimate of drug-likeness (QED) is 0.333. The fourth-order valence-corrected chi connectivity index (χ4v) is 5.27. The van der Waals surface area contributed by atoms with Gasteiger partial charge in [-0.05, 0) is 11.4 Å². The summed E-state index contributed by atoms with van der Waals surface area (Å²) >= 11 is 4.60. The zero-order valence-corrected chi connectivity index (χ0v) is 17.9. The van der Waals surface area contributed by atoms with Crippen LogP contribution in [0.25, 0.3) is 20.7 Å². The molecule has 5 nitrogen and oxygen atoms in total. The summed E-state index contributed by atoms with van der Waals surface area (Å²) in [5.74, 6) is 2.03. The highest BCUT2D eigenvalue weighted by atomic mass is 32.2. The molecule has 0 amide bonds. The minimum atomic E-state index is -0.0743. The van der Waals surface area contributed by atoms with Crippen LogP contribution in [-0.2, 0) is 18.2 Å². The van der Waals surface area contributed by atoms with E-state index >= 15 is 0 Å². The molecule has 4 aromatic rings. The number of thiophene rings is 2. The van der Waals surface area contributed by atoms with E-state index in [0.29, 0.717) is 22.2 Å². The fourth-order valence-electron chi connectivity index (χ4n) is 2.65. The van der Waals surface area contributed by atoms with Gasteiger partial charge in [0.05, 0.1) is 17.3 Å². The number of thioether (sulfide) groups is 1. The summed E-state index contributed by atoms with van der Waals surface area (Å²) in [6, 6.07) is 4.03. The van der Waals surface area contributed by atoms with Crippen LogP contribution >= 0.6 is 34.4 Å². The number of fused-ring (bicyclic) bond motifs is 1. The second-order valence-electron chi connectivity index (χ2n) is 7.22. The molecule has 0 radical (unpaired) electrons. The fraction of sp³-hybridized carbons (Fsp3) is 0.316. The first-order valence-corrected chi connectivity index (χ1v) is 11.2. The second-order valence-corrected chi connectivity index (χ2v) is 9.97. The van der Waals surface area contributed by atoms with Gasteiger partial charge in [0, 0.05) is 28.3 Å². The molecule has 0 aliphatic heterocycles. The summed E-state index contributed by atoms with van der Waals surface area (Å²) in [6.07, 6.45) is 1.78. The SMILES string of the molecule is Cn1c(SCc2ncc(C(C)(C)C)o2)nc2scc(-c3cccs3)c2c1=O. The van der Waals surface area contributed by atoms with Gasteiger partial charge >= 0.3 is 0 Å². The minimum Gasteiger partial charge on any atom is -0.444 e. The zero-order chi connectivity index (χ0) is 19.2. The molecule has 0 atom stereocenters. The normalized spacial score (nSPS) is 12.1. The predicted octanol–water partition coefficient (Wildman–Crippen LogP) is 5.30. The maximum Gasteiger partial charge on any atom is 0.263 e. The molecule has 4 aromatic heterocycles. The van der Waals surface area contributed by atoms with E-state index < -0.39 is 0 Å². The summed E-state index contributed by atoms with van der Waals surface area (Å²) in [7, 11) is 1.77. The summed E-state index contributed by atoms with van der Waals surface area (Å²) in [5, 5.41) is 5.40. The van der Waals surface area contributed by atoms with Crippen molar-refractivity contribution >= 4 is 44.7 Å². The average molecular weight is 418 g/mol. The molecule has 0 aromatic carbocycles. The lowest BCUT2D eigenvalue weighted by Gasteiger charge is -2.13. The molecule has 140 valence electrons. The summed E-state index contributed by atoms with van der Waals surface area (Å²) in [6.45, 7) is 6.27. The summed E-state index contributed by atoms with van der Waals surface area (Å²) < 4.78 is 7.45. The van der Waals surface area contributed by atoms with Gasteiger partial charge < -0.3 is 4.42 Å². The molecule has 8 heteroatoms. The number of nitrogens with zero attached hydrogens (tertiary/aromatic N) is 3. The standard InChI is InChI=1S/C19H19N3O2S3/c1-19(2,3)13-8-20-14(24-13)10-27-18-21-16-15(17(23)22(18)4)11(9-26-16)12-6-5-7-25-12/h5-9H,10H2,1-4H3. The molecule has 0 fully saturated rings. The molecule has 0 saturated carbocycles. The largest absolute Gasteiger partial charge is 0.444 e. The molecule has 0 bridgehead atoms. The number of hydrogen-bond donors (Lipinski definition) is 0. The topological polar surface area (TPSA) is 60.9 Å². The Bertz CT molecular complexity index is 1150. The van der Waals surface area contributed by atoms with E-state index in [1.807, 2.05) is 22.9 Å². The van der Waals surface area contributed by atoms with Crippen molar-refractivity contribution in [3.05, 3.63) is 51.1 Å². The highest BCUT2D eigenvalue weighted by Gasteiger charge is 2.20. The van der Waals surface area contributed by atoms with Crippen molar-refractivity contribution in [2.75, 3.05) is 0 Å². The van der Waals surface area contributed by atoms with Gasteiger partial charge in [-0.1, -0.05) is 38.6 Å². The maximum atomic E-state index is 13.0. The van der Waals surface area contributed by atoms with Crippen LogP contribution in [0.1, 0.15) is 32.4 Å². The highest BCUT2D eigenvalue weighted by Crippen LogP contribution is 2.34. The van der Waals surface area contributed by atoms with Crippen LogP contribution in [0, 0.1) is 0 Å². The van der Waals surface area contributed by atoms with Crippen molar-refractivity contribution < 1.29 is 4.42 Å². The zero-order valence-electron chi connectivity index (χ0n) is 15.5. The number of hydrogen-bond acceptors (Lipinski definition) is 7. The third kappa shape index (κ3) is 3.49. The lowest BCUT2D eigenvalue weighted by molar-refractivity contribution is 0.390. The first-order valence-electron chi connectivity index (χ1n) is 8.44. The Kier molecular flexibility index (Phi) is 4.73. The van der Waals surface area contributed by atoms with Gasteiger partial charge in [0.25, 0.3) is 5.56 Å². The Balaban J connectivity index is 1.64. The van der Waals surface area contributed by atoms with Crippen molar-refractivity contribution in [2.45, 2.75) is 37.1 Å². The van der Waals surface area contributed by atoms with Gasteiger partial charge in [-0.15, -0.1) is 22.7 Å². The van der Waals surface area contributed by atoms with Crippen LogP contribution < -0.4 is 5.56 Å². The van der Waals surface area contributed by atoms with Gasteiger partial charge in [-0.25, -0.2) is 9.97 Å². The van der Waals surface area contributed by atoms with E-state index in [1.165, 1.54) is 23.1 Å². The van der Waals surface area contributed by atoms with E-state index in [-0.39, 0.29) is 11.0 Å². The lowest BCUT2D eigenvalue weighted by Crippen LogP contribution is -2.19. The van der Waals surface area contributed by atoms with Gasteiger partial charge in [-0.3, -0.25) is 9.36 Å². The Labute approximate surface area is 169 Å². The smallest absolute Gasteiger partial charge is 0.263 e. The Hall–Kier alpha value is -1.90. The van der Waals surface area contributed by atoms with Crippen molar-refractivity contribution in [3.8, 4) is 10.4 Å². The van der Waals surface area contributed by atoms with E-state index in [1.54, 1.807) is 29.1 Å².